The van der Waals surface area contributed by atoms with Crippen molar-refractivity contribution in [2.45, 2.75) is 12.4 Å². The minimum Gasteiger partial charge on any atom is -0.484 e. The van der Waals surface area contributed by atoms with Gasteiger partial charge in [0.15, 0.2) is 19.0 Å². The van der Waals surface area contributed by atoms with E-state index in [1.807, 2.05) is 0 Å². The van der Waals surface area contributed by atoms with Crippen molar-refractivity contribution >= 4 is 5.69 Å². The normalized spacial score (nSPS) is 12.1. The average Bonchev–Trinajstić information content (AvgIpc) is 2.32. The van der Waals surface area contributed by atoms with Gasteiger partial charge in [-0.15, -0.1) is 0 Å². The molecule has 21 heavy (non-hydrogen) atoms. The summed E-state index contributed by atoms with van der Waals surface area (Å²) in [5.74, 6) is -1.24. The Labute approximate surface area is 113 Å². The molecule has 0 aliphatic heterocycles. The minimum atomic E-state index is -4.71. The van der Waals surface area contributed by atoms with Gasteiger partial charge in [0, 0.05) is 0 Å². The van der Waals surface area contributed by atoms with E-state index in [1.54, 1.807) is 0 Å². The van der Waals surface area contributed by atoms with E-state index in [2.05, 4.69) is 9.47 Å². The Morgan fingerprint density at radius 2 is 1.52 bits per heavy atom. The number of halogens is 6. The summed E-state index contributed by atoms with van der Waals surface area (Å²) in [6.07, 6.45) is -9.36. The second-order valence-corrected chi connectivity index (χ2v) is 3.69. The van der Waals surface area contributed by atoms with Crippen LogP contribution >= 0.6 is 0 Å². The molecule has 0 fully saturated rings. The molecule has 0 saturated heterocycles. The van der Waals surface area contributed by atoms with Crippen molar-refractivity contribution in [3.63, 3.8) is 0 Å². The number of rotatable bonds is 5. The van der Waals surface area contributed by atoms with E-state index in [-0.39, 0.29) is 0 Å². The lowest BCUT2D eigenvalue weighted by atomic mass is 10.3. The van der Waals surface area contributed by atoms with E-state index < -0.39 is 47.7 Å². The maximum absolute atomic E-state index is 12.0. The molecule has 0 amide bonds. The van der Waals surface area contributed by atoms with Crippen molar-refractivity contribution in [2.24, 2.45) is 0 Å². The molecule has 0 aromatic heterocycles. The van der Waals surface area contributed by atoms with Crippen molar-refractivity contribution in [2.75, 3.05) is 13.2 Å². The summed E-state index contributed by atoms with van der Waals surface area (Å²) in [6.45, 7) is -3.45. The van der Waals surface area contributed by atoms with Gasteiger partial charge in [0.2, 0.25) is 0 Å². The molecule has 0 bridgehead atoms. The molecule has 0 radical (unpaired) electrons. The molecular formula is C10H7F6NO4. The third kappa shape index (κ3) is 6.19. The quantitative estimate of drug-likeness (QED) is 0.473. The highest BCUT2D eigenvalue weighted by Crippen LogP contribution is 2.33. The molecule has 0 saturated carbocycles. The van der Waals surface area contributed by atoms with Crippen LogP contribution < -0.4 is 9.47 Å². The first-order valence-electron chi connectivity index (χ1n) is 5.15. The number of nitro groups is 1. The van der Waals surface area contributed by atoms with E-state index in [1.165, 1.54) is 0 Å². The van der Waals surface area contributed by atoms with Gasteiger partial charge in [-0.05, 0) is 12.1 Å². The van der Waals surface area contributed by atoms with Crippen LogP contribution in [0.4, 0.5) is 32.0 Å². The Hall–Kier alpha value is -2.20. The number of benzene rings is 1. The molecule has 0 spiro atoms. The smallest absolute Gasteiger partial charge is 0.422 e. The fraction of sp³-hybridized carbons (Fsp3) is 0.400. The van der Waals surface area contributed by atoms with E-state index in [4.69, 9.17) is 0 Å². The van der Waals surface area contributed by atoms with Crippen molar-refractivity contribution in [3.05, 3.63) is 28.3 Å². The summed E-state index contributed by atoms with van der Waals surface area (Å²) < 4.78 is 80.1. The van der Waals surface area contributed by atoms with Gasteiger partial charge in [0.05, 0.1) is 11.0 Å². The van der Waals surface area contributed by atoms with Crippen LogP contribution in [-0.4, -0.2) is 30.5 Å². The van der Waals surface area contributed by atoms with Crippen LogP contribution in [0.15, 0.2) is 18.2 Å². The first kappa shape index (κ1) is 16.9. The van der Waals surface area contributed by atoms with Crippen LogP contribution in [0.5, 0.6) is 11.5 Å². The molecule has 0 aliphatic rings. The molecular weight excluding hydrogens is 312 g/mol. The number of hydrogen-bond acceptors (Lipinski definition) is 4. The maximum atomic E-state index is 12.0. The Bertz CT molecular complexity index is 513. The van der Waals surface area contributed by atoms with Crippen molar-refractivity contribution in [1.29, 1.82) is 0 Å². The lowest BCUT2D eigenvalue weighted by molar-refractivity contribution is -0.386. The Morgan fingerprint density at radius 1 is 1.00 bits per heavy atom. The SMILES string of the molecule is O=[N+]([O-])c1cc(OCC(F)(F)F)ccc1OCC(F)(F)F. The molecule has 0 unspecified atom stereocenters. The second-order valence-electron chi connectivity index (χ2n) is 3.69. The lowest BCUT2D eigenvalue weighted by Crippen LogP contribution is -2.20. The highest BCUT2D eigenvalue weighted by molar-refractivity contribution is 5.50. The number of nitro benzene ring substituents is 1. The van der Waals surface area contributed by atoms with Crippen LogP contribution in [0, 0.1) is 10.1 Å². The first-order chi connectivity index (χ1) is 9.48. The zero-order valence-electron chi connectivity index (χ0n) is 9.99. The van der Waals surface area contributed by atoms with Gasteiger partial charge in [-0.25, -0.2) is 0 Å². The standard InChI is InChI=1S/C10H7F6NO4/c11-9(12,13)4-20-6-1-2-8(7(3-6)17(18)19)21-5-10(14,15)16/h1-3H,4-5H2. The molecule has 1 rings (SSSR count). The van der Waals surface area contributed by atoms with Gasteiger partial charge in [0.1, 0.15) is 5.75 Å². The first-order valence-corrected chi connectivity index (χ1v) is 5.15. The van der Waals surface area contributed by atoms with Crippen LogP contribution in [0.2, 0.25) is 0 Å². The highest BCUT2D eigenvalue weighted by atomic mass is 19.4. The molecule has 0 aliphatic carbocycles. The summed E-state index contributed by atoms with van der Waals surface area (Å²) >= 11 is 0. The molecule has 11 heteroatoms. The molecule has 118 valence electrons. The Balaban J connectivity index is 2.89. The molecule has 1 aromatic carbocycles. The van der Waals surface area contributed by atoms with E-state index in [9.17, 15) is 36.5 Å². The number of hydrogen-bond donors (Lipinski definition) is 0. The van der Waals surface area contributed by atoms with E-state index in [0.29, 0.717) is 6.07 Å². The Kier molecular flexibility index (Phi) is 4.86. The van der Waals surface area contributed by atoms with Crippen LogP contribution in [0.25, 0.3) is 0 Å². The Morgan fingerprint density at radius 3 is 2.00 bits per heavy atom. The fourth-order valence-electron chi connectivity index (χ4n) is 1.18. The number of alkyl halides is 6. The van der Waals surface area contributed by atoms with Gasteiger partial charge >= 0.3 is 18.0 Å². The van der Waals surface area contributed by atoms with Crippen LogP contribution in [-0.2, 0) is 0 Å². The third-order valence-corrected chi connectivity index (χ3v) is 1.92. The summed E-state index contributed by atoms with van der Waals surface area (Å²) in [5, 5.41) is 10.7. The summed E-state index contributed by atoms with van der Waals surface area (Å²) in [6, 6.07) is 2.12. The second kappa shape index (κ2) is 6.06. The van der Waals surface area contributed by atoms with Gasteiger partial charge in [-0.3, -0.25) is 10.1 Å². The molecule has 0 atom stereocenters. The average molecular weight is 319 g/mol. The lowest BCUT2D eigenvalue weighted by Gasteiger charge is -2.11. The van der Waals surface area contributed by atoms with Gasteiger partial charge < -0.3 is 9.47 Å². The van der Waals surface area contributed by atoms with Gasteiger partial charge in [0.25, 0.3) is 0 Å². The van der Waals surface area contributed by atoms with Crippen LogP contribution in [0.3, 0.4) is 0 Å². The predicted molar refractivity (Wildman–Crippen MR) is 56.2 cm³/mol. The number of nitrogens with zero attached hydrogens (tertiary/aromatic N) is 1. The fourth-order valence-corrected chi connectivity index (χ4v) is 1.18. The zero-order chi connectivity index (χ0) is 16.3. The third-order valence-electron chi connectivity index (χ3n) is 1.92. The van der Waals surface area contributed by atoms with Gasteiger partial charge in [-0.2, -0.15) is 26.3 Å². The molecule has 5 nitrogen and oxygen atoms in total. The summed E-state index contributed by atoms with van der Waals surface area (Å²) in [4.78, 5) is 9.58. The molecule has 0 N–H and O–H groups in total. The van der Waals surface area contributed by atoms with Crippen LogP contribution in [0.1, 0.15) is 0 Å². The van der Waals surface area contributed by atoms with E-state index >= 15 is 0 Å². The topological polar surface area (TPSA) is 61.6 Å². The highest BCUT2D eigenvalue weighted by Gasteiger charge is 2.31. The van der Waals surface area contributed by atoms with Crippen molar-refractivity contribution in [1.82, 2.24) is 0 Å². The predicted octanol–water partition coefficient (Wildman–Crippen LogP) is 3.48. The van der Waals surface area contributed by atoms with Crippen molar-refractivity contribution in [3.8, 4) is 11.5 Å². The summed E-state index contributed by atoms with van der Waals surface area (Å²) in [7, 11) is 0. The maximum Gasteiger partial charge on any atom is 0.422 e. The zero-order valence-corrected chi connectivity index (χ0v) is 9.99. The van der Waals surface area contributed by atoms with Crippen molar-refractivity contribution < 1.29 is 40.7 Å². The van der Waals surface area contributed by atoms with E-state index in [0.717, 1.165) is 12.1 Å². The largest absolute Gasteiger partial charge is 0.484 e. The summed E-state index contributed by atoms with van der Waals surface area (Å²) in [5.41, 5.74) is -0.932. The number of ether oxygens (including phenoxy) is 2. The van der Waals surface area contributed by atoms with Gasteiger partial charge in [-0.1, -0.05) is 0 Å². The molecule has 0 heterocycles. The monoisotopic (exact) mass is 319 g/mol. The molecule has 1 aromatic rings. The minimum absolute atomic E-state index is 0.515.